The number of amides is 1. The van der Waals surface area contributed by atoms with Crippen molar-refractivity contribution in [1.82, 2.24) is 10.3 Å². The quantitative estimate of drug-likeness (QED) is 0.816. The summed E-state index contributed by atoms with van der Waals surface area (Å²) in [4.78, 5) is 16.5. The lowest BCUT2D eigenvalue weighted by atomic mass is 10.1. The summed E-state index contributed by atoms with van der Waals surface area (Å²) in [5.41, 5.74) is 1.48. The molecule has 0 radical (unpaired) electrons. The van der Waals surface area contributed by atoms with Crippen molar-refractivity contribution in [3.05, 3.63) is 45.9 Å². The van der Waals surface area contributed by atoms with E-state index in [1.165, 1.54) is 0 Å². The van der Waals surface area contributed by atoms with Crippen molar-refractivity contribution in [2.45, 2.75) is 32.3 Å². The smallest absolute Gasteiger partial charge is 0.253 e. The van der Waals surface area contributed by atoms with Gasteiger partial charge in [0.25, 0.3) is 5.91 Å². The Morgan fingerprint density at radius 2 is 2.22 bits per heavy atom. The summed E-state index contributed by atoms with van der Waals surface area (Å²) in [6.45, 7) is 4.66. The first kappa shape index (κ1) is 17.4. The molecule has 2 rings (SSSR count). The van der Waals surface area contributed by atoms with Gasteiger partial charge in [-0.05, 0) is 17.7 Å². The third kappa shape index (κ3) is 4.77. The summed E-state index contributed by atoms with van der Waals surface area (Å²) in [6.07, 6.45) is -0.550. The van der Waals surface area contributed by atoms with E-state index in [1.807, 2.05) is 5.38 Å². The number of aliphatic hydroxyl groups excluding tert-OH is 1. The Morgan fingerprint density at radius 1 is 1.43 bits per heavy atom. The van der Waals surface area contributed by atoms with E-state index in [0.717, 1.165) is 10.7 Å². The van der Waals surface area contributed by atoms with E-state index in [4.69, 9.17) is 4.74 Å². The molecule has 1 aromatic carbocycles. The van der Waals surface area contributed by atoms with Crippen molar-refractivity contribution < 1.29 is 14.6 Å². The number of ether oxygens (including phenoxy) is 1. The first-order valence-electron chi connectivity index (χ1n) is 7.55. The molecule has 1 amide bonds. The molecule has 0 saturated carbocycles. The molecule has 0 fully saturated rings. The Hall–Kier alpha value is -1.92. The van der Waals surface area contributed by atoms with Gasteiger partial charge in [0.1, 0.15) is 5.75 Å². The monoisotopic (exact) mass is 334 g/mol. The van der Waals surface area contributed by atoms with Gasteiger partial charge in [0.15, 0.2) is 6.10 Å². The summed E-state index contributed by atoms with van der Waals surface area (Å²) < 4.78 is 5.10. The zero-order valence-electron chi connectivity index (χ0n) is 13.6. The fourth-order valence-corrected chi connectivity index (χ4v) is 2.95. The average molecular weight is 334 g/mol. The summed E-state index contributed by atoms with van der Waals surface area (Å²) in [6, 6.07) is 6.86. The van der Waals surface area contributed by atoms with Gasteiger partial charge in [0.05, 0.1) is 17.8 Å². The molecule has 0 aliphatic rings. The number of aromatic nitrogens is 1. The third-order valence-corrected chi connectivity index (χ3v) is 4.60. The first-order valence-corrected chi connectivity index (χ1v) is 8.43. The van der Waals surface area contributed by atoms with Gasteiger partial charge in [-0.15, -0.1) is 11.3 Å². The van der Waals surface area contributed by atoms with Gasteiger partial charge in [-0.1, -0.05) is 26.0 Å². The van der Waals surface area contributed by atoms with E-state index in [1.54, 1.807) is 42.7 Å². The second-order valence-electron chi connectivity index (χ2n) is 5.55. The highest BCUT2D eigenvalue weighted by molar-refractivity contribution is 7.09. The number of carbonyl (C=O) groups is 1. The SMILES string of the molecule is COc1cccc(C(O)C(=O)NCCc2csc(C(C)C)n2)c1. The number of aliphatic hydroxyl groups is 1. The van der Waals surface area contributed by atoms with Crippen molar-refractivity contribution in [2.75, 3.05) is 13.7 Å². The normalized spacial score (nSPS) is 12.2. The fourth-order valence-electron chi connectivity index (χ4n) is 2.08. The number of nitrogens with one attached hydrogen (secondary N) is 1. The molecule has 0 aliphatic carbocycles. The van der Waals surface area contributed by atoms with Crippen LogP contribution in [0.1, 0.15) is 42.1 Å². The molecule has 0 saturated heterocycles. The number of hydrogen-bond donors (Lipinski definition) is 2. The van der Waals surface area contributed by atoms with Crippen LogP contribution in [-0.2, 0) is 11.2 Å². The van der Waals surface area contributed by atoms with Crippen molar-refractivity contribution in [3.8, 4) is 5.75 Å². The van der Waals surface area contributed by atoms with Crippen LogP contribution in [0.15, 0.2) is 29.6 Å². The van der Waals surface area contributed by atoms with Crippen molar-refractivity contribution in [2.24, 2.45) is 0 Å². The predicted molar refractivity (Wildman–Crippen MR) is 90.9 cm³/mol. The number of hydrogen-bond acceptors (Lipinski definition) is 5. The first-order chi connectivity index (χ1) is 11.0. The minimum absolute atomic E-state index is 0.415. The molecule has 2 aromatic rings. The Labute approximate surface area is 140 Å². The van der Waals surface area contributed by atoms with Crippen molar-refractivity contribution >= 4 is 17.2 Å². The molecular formula is C17H22N2O3S. The summed E-state index contributed by atoms with van der Waals surface area (Å²) in [7, 11) is 1.55. The molecule has 23 heavy (non-hydrogen) atoms. The summed E-state index contributed by atoms with van der Waals surface area (Å²) in [5.74, 6) is 0.605. The number of thiazole rings is 1. The molecule has 2 N–H and O–H groups in total. The zero-order chi connectivity index (χ0) is 16.8. The summed E-state index contributed by atoms with van der Waals surface area (Å²) in [5, 5.41) is 16.0. The lowest BCUT2D eigenvalue weighted by Crippen LogP contribution is -2.31. The van der Waals surface area contributed by atoms with E-state index < -0.39 is 12.0 Å². The molecule has 5 nitrogen and oxygen atoms in total. The topological polar surface area (TPSA) is 71.5 Å². The largest absolute Gasteiger partial charge is 0.497 e. The number of methoxy groups -OCH3 is 1. The third-order valence-electron chi connectivity index (χ3n) is 3.40. The Balaban J connectivity index is 1.85. The summed E-state index contributed by atoms with van der Waals surface area (Å²) >= 11 is 1.64. The molecule has 1 aromatic heterocycles. The van der Waals surface area contributed by atoms with Gasteiger partial charge in [-0.25, -0.2) is 4.98 Å². The number of benzene rings is 1. The molecule has 0 bridgehead atoms. The van der Waals surface area contributed by atoms with Crippen molar-refractivity contribution in [3.63, 3.8) is 0 Å². The minimum Gasteiger partial charge on any atom is -0.497 e. The molecular weight excluding hydrogens is 312 g/mol. The fraction of sp³-hybridized carbons (Fsp3) is 0.412. The van der Waals surface area contributed by atoms with E-state index in [9.17, 15) is 9.90 Å². The number of rotatable bonds is 7. The standard InChI is InChI=1S/C17H22N2O3S/c1-11(2)17-19-13(10-23-17)7-8-18-16(21)15(20)12-5-4-6-14(9-12)22-3/h4-6,9-11,15,20H,7-8H2,1-3H3,(H,18,21). The van der Waals surface area contributed by atoms with Crippen LogP contribution in [0.5, 0.6) is 5.75 Å². The lowest BCUT2D eigenvalue weighted by molar-refractivity contribution is -0.129. The average Bonchev–Trinajstić information content (AvgIpc) is 3.03. The van der Waals surface area contributed by atoms with Gasteiger partial charge in [-0.3, -0.25) is 4.79 Å². The van der Waals surface area contributed by atoms with E-state index in [-0.39, 0.29) is 0 Å². The highest BCUT2D eigenvalue weighted by atomic mass is 32.1. The van der Waals surface area contributed by atoms with Gasteiger partial charge < -0.3 is 15.2 Å². The second kappa shape index (κ2) is 8.08. The van der Waals surface area contributed by atoms with Gasteiger partial charge >= 0.3 is 0 Å². The maximum Gasteiger partial charge on any atom is 0.253 e. The van der Waals surface area contributed by atoms with Crippen LogP contribution in [0.2, 0.25) is 0 Å². The predicted octanol–water partition coefficient (Wildman–Crippen LogP) is 2.67. The van der Waals surface area contributed by atoms with Crippen LogP contribution in [0.3, 0.4) is 0 Å². The molecule has 0 spiro atoms. The van der Waals surface area contributed by atoms with Gasteiger partial charge in [-0.2, -0.15) is 0 Å². The van der Waals surface area contributed by atoms with E-state index in [0.29, 0.717) is 30.2 Å². The van der Waals surface area contributed by atoms with Crippen LogP contribution in [0.25, 0.3) is 0 Å². The van der Waals surface area contributed by atoms with Crippen molar-refractivity contribution in [1.29, 1.82) is 0 Å². The minimum atomic E-state index is -1.20. The Morgan fingerprint density at radius 3 is 2.87 bits per heavy atom. The highest BCUT2D eigenvalue weighted by Gasteiger charge is 2.17. The van der Waals surface area contributed by atoms with Crippen LogP contribution < -0.4 is 10.1 Å². The van der Waals surface area contributed by atoms with Gasteiger partial charge in [0, 0.05) is 24.3 Å². The number of nitrogens with zero attached hydrogens (tertiary/aromatic N) is 1. The van der Waals surface area contributed by atoms with Crippen LogP contribution >= 0.6 is 11.3 Å². The maximum atomic E-state index is 12.0. The van der Waals surface area contributed by atoms with E-state index >= 15 is 0 Å². The zero-order valence-corrected chi connectivity index (χ0v) is 14.4. The van der Waals surface area contributed by atoms with E-state index in [2.05, 4.69) is 24.1 Å². The van der Waals surface area contributed by atoms with Crippen LogP contribution in [-0.4, -0.2) is 29.7 Å². The molecule has 1 heterocycles. The Bertz CT molecular complexity index is 655. The van der Waals surface area contributed by atoms with Crippen LogP contribution in [0.4, 0.5) is 0 Å². The molecule has 1 atom stereocenters. The second-order valence-corrected chi connectivity index (χ2v) is 6.44. The molecule has 1 unspecified atom stereocenters. The Kier molecular flexibility index (Phi) is 6.12. The molecule has 6 heteroatoms. The number of carbonyl (C=O) groups excluding carboxylic acids is 1. The van der Waals surface area contributed by atoms with Gasteiger partial charge in [0.2, 0.25) is 0 Å². The molecule has 124 valence electrons. The maximum absolute atomic E-state index is 12.0. The van der Waals surface area contributed by atoms with Crippen LogP contribution in [0, 0.1) is 0 Å². The highest BCUT2D eigenvalue weighted by Crippen LogP contribution is 2.20. The lowest BCUT2D eigenvalue weighted by Gasteiger charge is -2.12. The molecule has 0 aliphatic heterocycles.